The Morgan fingerprint density at radius 2 is 1.89 bits per heavy atom. The molecule has 0 radical (unpaired) electrons. The fraction of sp³-hybridized carbons (Fsp3) is 0.476. The van der Waals surface area contributed by atoms with Crippen LogP contribution in [0.25, 0.3) is 10.9 Å². The van der Waals surface area contributed by atoms with Crippen molar-refractivity contribution in [2.75, 3.05) is 12.4 Å². The van der Waals surface area contributed by atoms with E-state index in [4.69, 9.17) is 4.74 Å². The van der Waals surface area contributed by atoms with Crippen molar-refractivity contribution < 1.29 is 14.3 Å². The molecule has 2 aliphatic rings. The van der Waals surface area contributed by atoms with Crippen molar-refractivity contribution in [1.82, 2.24) is 10.3 Å². The van der Waals surface area contributed by atoms with Gasteiger partial charge in [-0.3, -0.25) is 9.78 Å². The standard InChI is InChI=1S/C21H24BrN3O3/c1-23-21(27)28-15-7-5-14(6-8-15)25-19-16-10-13(22)4-9-18(16)24-11-17(19)20(26)12-2-3-12/h4,9-12,14-15H,2-3,5-8H2,1H3,(H,23,27)(H,24,25). The highest BCUT2D eigenvalue weighted by Gasteiger charge is 2.33. The number of nitrogens with one attached hydrogen (secondary N) is 2. The normalized spacial score (nSPS) is 21.9. The van der Waals surface area contributed by atoms with Gasteiger partial charge in [0, 0.05) is 35.1 Å². The minimum absolute atomic E-state index is 0.0473. The Labute approximate surface area is 172 Å². The smallest absolute Gasteiger partial charge is 0.407 e. The number of pyridine rings is 1. The highest BCUT2D eigenvalue weighted by molar-refractivity contribution is 9.10. The number of carbonyl (C=O) groups is 2. The van der Waals surface area contributed by atoms with Gasteiger partial charge in [0.15, 0.2) is 5.78 Å². The minimum atomic E-state index is -0.376. The van der Waals surface area contributed by atoms with Gasteiger partial charge < -0.3 is 15.4 Å². The van der Waals surface area contributed by atoms with Crippen molar-refractivity contribution in [2.45, 2.75) is 50.7 Å². The summed E-state index contributed by atoms with van der Waals surface area (Å²) in [5.74, 6) is 0.331. The lowest BCUT2D eigenvalue weighted by molar-refractivity contribution is 0.0746. The molecule has 4 rings (SSSR count). The maximum absolute atomic E-state index is 12.8. The van der Waals surface area contributed by atoms with Gasteiger partial charge in [0.2, 0.25) is 0 Å². The van der Waals surface area contributed by atoms with Gasteiger partial charge in [-0.2, -0.15) is 0 Å². The predicted molar refractivity (Wildman–Crippen MR) is 112 cm³/mol. The van der Waals surface area contributed by atoms with Gasteiger partial charge in [-0.05, 0) is 56.7 Å². The molecule has 0 aliphatic heterocycles. The summed E-state index contributed by atoms with van der Waals surface area (Å²) in [4.78, 5) is 28.8. The number of hydrogen-bond acceptors (Lipinski definition) is 5. The Balaban J connectivity index is 1.57. The van der Waals surface area contributed by atoms with E-state index in [0.29, 0.717) is 5.56 Å². The summed E-state index contributed by atoms with van der Waals surface area (Å²) in [6, 6.07) is 6.18. The topological polar surface area (TPSA) is 80.3 Å². The number of alkyl carbamates (subject to hydrolysis) is 1. The number of rotatable bonds is 5. The lowest BCUT2D eigenvalue weighted by Gasteiger charge is -2.30. The summed E-state index contributed by atoms with van der Waals surface area (Å²) >= 11 is 3.54. The molecule has 2 aliphatic carbocycles. The molecule has 2 saturated carbocycles. The lowest BCUT2D eigenvalue weighted by Crippen LogP contribution is -2.33. The van der Waals surface area contributed by atoms with Crippen molar-refractivity contribution in [3.05, 3.63) is 34.4 Å². The zero-order chi connectivity index (χ0) is 19.7. The number of carbonyl (C=O) groups excluding carboxylic acids is 2. The molecule has 7 heteroatoms. The van der Waals surface area contributed by atoms with Crippen LogP contribution in [0.5, 0.6) is 0 Å². The number of nitrogens with zero attached hydrogens (tertiary/aromatic N) is 1. The maximum atomic E-state index is 12.8. The molecule has 1 aromatic heterocycles. The molecule has 28 heavy (non-hydrogen) atoms. The summed E-state index contributed by atoms with van der Waals surface area (Å²) in [6.07, 6.45) is 6.63. The molecule has 1 heterocycles. The van der Waals surface area contributed by atoms with Crippen LogP contribution in [0.1, 0.15) is 48.9 Å². The number of benzene rings is 1. The van der Waals surface area contributed by atoms with Gasteiger partial charge in [-0.15, -0.1) is 0 Å². The van der Waals surface area contributed by atoms with E-state index >= 15 is 0 Å². The molecule has 148 valence electrons. The molecule has 0 spiro atoms. The predicted octanol–water partition coefficient (Wildman–Crippen LogP) is 4.67. The SMILES string of the molecule is CNC(=O)OC1CCC(Nc2c(C(=O)C3CC3)cnc3ccc(Br)cc23)CC1. The first-order valence-electron chi connectivity index (χ1n) is 9.82. The fourth-order valence-electron chi connectivity index (χ4n) is 3.81. The van der Waals surface area contributed by atoms with E-state index < -0.39 is 0 Å². The van der Waals surface area contributed by atoms with Crippen LogP contribution in [0.3, 0.4) is 0 Å². The van der Waals surface area contributed by atoms with E-state index in [9.17, 15) is 9.59 Å². The first-order chi connectivity index (χ1) is 13.5. The van der Waals surface area contributed by atoms with Crippen LogP contribution < -0.4 is 10.6 Å². The average molecular weight is 446 g/mol. The number of amides is 1. The van der Waals surface area contributed by atoms with Crippen molar-refractivity contribution in [2.24, 2.45) is 5.92 Å². The Hall–Kier alpha value is -2.15. The van der Waals surface area contributed by atoms with E-state index in [1.165, 1.54) is 0 Å². The molecule has 0 saturated heterocycles. The molecule has 2 aromatic rings. The van der Waals surface area contributed by atoms with E-state index in [2.05, 4.69) is 31.5 Å². The molecule has 1 aromatic carbocycles. The number of aromatic nitrogens is 1. The van der Waals surface area contributed by atoms with Crippen LogP contribution in [0.4, 0.5) is 10.5 Å². The van der Waals surface area contributed by atoms with E-state index in [1.807, 2.05) is 18.2 Å². The average Bonchev–Trinajstić information content (AvgIpc) is 3.54. The van der Waals surface area contributed by atoms with Crippen molar-refractivity contribution in [1.29, 1.82) is 0 Å². The fourth-order valence-corrected chi connectivity index (χ4v) is 4.17. The molecule has 1 amide bonds. The minimum Gasteiger partial charge on any atom is -0.446 e. The first kappa shape index (κ1) is 19.2. The number of ether oxygens (including phenoxy) is 1. The molecular formula is C21H24BrN3O3. The van der Waals surface area contributed by atoms with Crippen LogP contribution in [0.2, 0.25) is 0 Å². The summed E-state index contributed by atoms with van der Waals surface area (Å²) in [5.41, 5.74) is 2.45. The summed E-state index contributed by atoms with van der Waals surface area (Å²) in [5, 5.41) is 7.10. The second-order valence-electron chi connectivity index (χ2n) is 7.62. The lowest BCUT2D eigenvalue weighted by atomic mass is 9.92. The zero-order valence-corrected chi connectivity index (χ0v) is 17.4. The zero-order valence-electron chi connectivity index (χ0n) is 15.8. The number of halogens is 1. The van der Waals surface area contributed by atoms with Gasteiger partial charge in [0.05, 0.1) is 16.8 Å². The molecule has 0 bridgehead atoms. The molecule has 0 atom stereocenters. The van der Waals surface area contributed by atoms with Crippen LogP contribution in [-0.4, -0.2) is 36.1 Å². The van der Waals surface area contributed by atoms with Crippen molar-refractivity contribution in [3.63, 3.8) is 0 Å². The Morgan fingerprint density at radius 1 is 1.14 bits per heavy atom. The highest BCUT2D eigenvalue weighted by Crippen LogP contribution is 2.38. The second kappa shape index (κ2) is 8.07. The Morgan fingerprint density at radius 3 is 2.57 bits per heavy atom. The van der Waals surface area contributed by atoms with E-state index in [0.717, 1.165) is 59.6 Å². The quantitative estimate of drug-likeness (QED) is 0.653. The van der Waals surface area contributed by atoms with E-state index in [1.54, 1.807) is 13.2 Å². The third-order valence-corrected chi connectivity index (χ3v) is 6.04. The number of fused-ring (bicyclic) bond motifs is 1. The van der Waals surface area contributed by atoms with Crippen molar-refractivity contribution in [3.8, 4) is 0 Å². The Kier molecular flexibility index (Phi) is 5.53. The summed E-state index contributed by atoms with van der Waals surface area (Å²) < 4.78 is 6.34. The van der Waals surface area contributed by atoms with Gasteiger partial charge in [0.25, 0.3) is 0 Å². The number of ketones is 1. The van der Waals surface area contributed by atoms with Gasteiger partial charge >= 0.3 is 6.09 Å². The van der Waals surface area contributed by atoms with Crippen LogP contribution in [0.15, 0.2) is 28.9 Å². The van der Waals surface area contributed by atoms with Gasteiger partial charge in [-0.25, -0.2) is 4.79 Å². The van der Waals surface area contributed by atoms with Crippen LogP contribution in [0, 0.1) is 5.92 Å². The van der Waals surface area contributed by atoms with Crippen LogP contribution >= 0.6 is 15.9 Å². The van der Waals surface area contributed by atoms with Crippen molar-refractivity contribution >= 4 is 44.4 Å². The molecule has 0 unspecified atom stereocenters. The number of anilines is 1. The molecule has 6 nitrogen and oxygen atoms in total. The largest absolute Gasteiger partial charge is 0.446 e. The number of Topliss-reactive ketones (excluding diaryl/α,β-unsaturated/α-hetero) is 1. The third kappa shape index (κ3) is 4.14. The monoisotopic (exact) mass is 445 g/mol. The van der Waals surface area contributed by atoms with Gasteiger partial charge in [-0.1, -0.05) is 15.9 Å². The molecule has 2 N–H and O–H groups in total. The van der Waals surface area contributed by atoms with Gasteiger partial charge in [0.1, 0.15) is 6.10 Å². The summed E-state index contributed by atoms with van der Waals surface area (Å²) in [7, 11) is 1.57. The highest BCUT2D eigenvalue weighted by atomic mass is 79.9. The molecular weight excluding hydrogens is 422 g/mol. The summed E-state index contributed by atoms with van der Waals surface area (Å²) in [6.45, 7) is 0. The third-order valence-electron chi connectivity index (χ3n) is 5.54. The first-order valence-corrected chi connectivity index (χ1v) is 10.6. The molecule has 2 fully saturated rings. The van der Waals surface area contributed by atoms with E-state index in [-0.39, 0.29) is 29.9 Å². The number of hydrogen-bond donors (Lipinski definition) is 2. The van der Waals surface area contributed by atoms with Crippen LogP contribution in [-0.2, 0) is 4.74 Å². The maximum Gasteiger partial charge on any atom is 0.407 e. The Bertz CT molecular complexity index is 905. The second-order valence-corrected chi connectivity index (χ2v) is 8.54.